The van der Waals surface area contributed by atoms with Gasteiger partial charge in [0, 0.05) is 40.8 Å². The molecule has 7 heteroatoms. The van der Waals surface area contributed by atoms with Crippen molar-refractivity contribution in [2.45, 2.75) is 53.9 Å². The van der Waals surface area contributed by atoms with Gasteiger partial charge in [0.05, 0.1) is 10.4 Å². The van der Waals surface area contributed by atoms with E-state index in [2.05, 4.69) is 32.7 Å². The van der Waals surface area contributed by atoms with Gasteiger partial charge in [-0.05, 0) is 49.4 Å². The van der Waals surface area contributed by atoms with E-state index in [0.29, 0.717) is 4.90 Å². The Morgan fingerprint density at radius 2 is 1.59 bits per heavy atom. The van der Waals surface area contributed by atoms with E-state index >= 15 is 0 Å². The van der Waals surface area contributed by atoms with Crippen LogP contribution in [0.25, 0.3) is 22.0 Å². The number of sulfone groups is 1. The van der Waals surface area contributed by atoms with Crippen LogP contribution in [0.5, 0.6) is 0 Å². The predicted molar refractivity (Wildman–Crippen MR) is 133 cm³/mol. The maximum absolute atomic E-state index is 11.8. The third-order valence-corrected chi connectivity index (χ3v) is 9.51. The molecule has 0 unspecified atom stereocenters. The van der Waals surface area contributed by atoms with Crippen molar-refractivity contribution >= 4 is 38.3 Å². The smallest absolute Gasteiger partial charge is 0.175 e. The highest BCUT2D eigenvalue weighted by Gasteiger charge is 2.26. The van der Waals surface area contributed by atoms with Crippen LogP contribution in [-0.2, 0) is 9.84 Å². The molecule has 1 aliphatic carbocycles. The lowest BCUT2D eigenvalue weighted by Crippen LogP contribution is -2.36. The normalized spacial score (nSPS) is 18.5. The van der Waals surface area contributed by atoms with E-state index in [1.54, 1.807) is 18.5 Å². The zero-order valence-electron chi connectivity index (χ0n) is 18.4. The first-order chi connectivity index (χ1) is 15.5. The highest BCUT2D eigenvalue weighted by Crippen LogP contribution is 2.38. The van der Waals surface area contributed by atoms with Gasteiger partial charge in [-0.15, -0.1) is 0 Å². The Hall–Kier alpha value is -2.12. The van der Waals surface area contributed by atoms with Gasteiger partial charge in [0.15, 0.2) is 9.84 Å². The van der Waals surface area contributed by atoms with E-state index in [1.165, 1.54) is 44.8 Å². The SMILES string of the molecule is CS(=O)(=O)c1ccc(-c2cccc3c(N4CCC(SC5CCCC5)CC4)ncnc23)cc1. The maximum atomic E-state index is 11.8. The predicted octanol–water partition coefficient (Wildman–Crippen LogP) is 5.34. The van der Waals surface area contributed by atoms with Gasteiger partial charge in [-0.2, -0.15) is 11.8 Å². The number of nitrogens with zero attached hydrogens (tertiary/aromatic N) is 3. The Balaban J connectivity index is 1.39. The van der Waals surface area contributed by atoms with E-state index in [-0.39, 0.29) is 0 Å². The summed E-state index contributed by atoms with van der Waals surface area (Å²) in [4.78, 5) is 12.0. The Morgan fingerprint density at radius 1 is 0.906 bits per heavy atom. The summed E-state index contributed by atoms with van der Waals surface area (Å²) < 4.78 is 23.6. The van der Waals surface area contributed by atoms with Crippen LogP contribution in [0.2, 0.25) is 0 Å². The van der Waals surface area contributed by atoms with Crippen molar-refractivity contribution in [3.8, 4) is 11.1 Å². The number of para-hydroxylation sites is 1. The minimum Gasteiger partial charge on any atom is -0.356 e. The fourth-order valence-corrected chi connectivity index (χ4v) is 7.20. The van der Waals surface area contributed by atoms with Gasteiger partial charge in [0.25, 0.3) is 0 Å². The maximum Gasteiger partial charge on any atom is 0.175 e. The number of piperidine rings is 1. The summed E-state index contributed by atoms with van der Waals surface area (Å²) in [5.41, 5.74) is 2.87. The minimum absolute atomic E-state index is 0.329. The summed E-state index contributed by atoms with van der Waals surface area (Å²) >= 11 is 2.23. The molecular weight excluding hydrogens is 438 g/mol. The number of aromatic nitrogens is 2. The first kappa shape index (κ1) is 21.7. The lowest BCUT2D eigenvalue weighted by Gasteiger charge is -2.34. The molecule has 0 atom stereocenters. The second-order valence-corrected chi connectivity index (χ2v) is 12.5. The second-order valence-electron chi connectivity index (χ2n) is 8.92. The van der Waals surface area contributed by atoms with Gasteiger partial charge < -0.3 is 4.90 Å². The molecule has 168 valence electrons. The monoisotopic (exact) mass is 467 g/mol. The van der Waals surface area contributed by atoms with Gasteiger partial charge in [0.1, 0.15) is 12.1 Å². The van der Waals surface area contributed by atoms with E-state index < -0.39 is 9.84 Å². The Bertz CT molecular complexity index is 1200. The summed E-state index contributed by atoms with van der Waals surface area (Å²) in [6.45, 7) is 2.06. The molecule has 1 aromatic heterocycles. The summed E-state index contributed by atoms with van der Waals surface area (Å²) in [6.07, 6.45) is 10.9. The van der Waals surface area contributed by atoms with Crippen LogP contribution in [-0.4, -0.2) is 48.2 Å². The molecule has 0 amide bonds. The van der Waals surface area contributed by atoms with Gasteiger partial charge in [0.2, 0.25) is 0 Å². The number of hydrogen-bond donors (Lipinski definition) is 0. The minimum atomic E-state index is -3.21. The first-order valence-electron chi connectivity index (χ1n) is 11.4. The Labute approximate surface area is 194 Å². The standard InChI is InChI=1S/C25H29N3O2S2/c1-32(29,30)21-11-9-18(10-12-21)22-7-4-8-23-24(22)26-17-27-25(23)28-15-13-20(14-16-28)31-19-5-2-3-6-19/h4,7-12,17,19-20H,2-3,5-6,13-16H2,1H3. The van der Waals surface area contributed by atoms with E-state index in [0.717, 1.165) is 51.4 Å². The molecule has 32 heavy (non-hydrogen) atoms. The van der Waals surface area contributed by atoms with Crippen molar-refractivity contribution in [1.82, 2.24) is 9.97 Å². The largest absolute Gasteiger partial charge is 0.356 e. The second kappa shape index (κ2) is 9.02. The average molecular weight is 468 g/mol. The molecule has 2 aliphatic rings. The summed E-state index contributed by atoms with van der Waals surface area (Å²) in [6, 6.07) is 13.2. The van der Waals surface area contributed by atoms with Crippen molar-refractivity contribution in [1.29, 1.82) is 0 Å². The van der Waals surface area contributed by atoms with Gasteiger partial charge in [-0.25, -0.2) is 18.4 Å². The van der Waals surface area contributed by atoms with Crippen molar-refractivity contribution in [2.24, 2.45) is 0 Å². The number of thioether (sulfide) groups is 1. The van der Waals surface area contributed by atoms with Crippen LogP contribution < -0.4 is 4.90 Å². The Kier molecular flexibility index (Phi) is 6.12. The molecule has 2 fully saturated rings. The van der Waals surface area contributed by atoms with Crippen LogP contribution in [0.15, 0.2) is 53.7 Å². The molecule has 5 nitrogen and oxygen atoms in total. The first-order valence-corrected chi connectivity index (χ1v) is 14.3. The van der Waals surface area contributed by atoms with Crippen molar-refractivity contribution in [3.63, 3.8) is 0 Å². The molecule has 0 radical (unpaired) electrons. The number of anilines is 1. The van der Waals surface area contributed by atoms with Gasteiger partial charge >= 0.3 is 0 Å². The highest BCUT2D eigenvalue weighted by atomic mass is 32.2. The van der Waals surface area contributed by atoms with Crippen molar-refractivity contribution in [3.05, 3.63) is 48.8 Å². The number of rotatable bonds is 5. The van der Waals surface area contributed by atoms with Gasteiger partial charge in [-0.3, -0.25) is 0 Å². The molecule has 2 aromatic carbocycles. The quantitative estimate of drug-likeness (QED) is 0.504. The molecule has 5 rings (SSSR count). The zero-order valence-corrected chi connectivity index (χ0v) is 20.0. The summed E-state index contributed by atoms with van der Waals surface area (Å²) in [7, 11) is -3.21. The van der Waals surface area contributed by atoms with Crippen molar-refractivity contribution in [2.75, 3.05) is 24.2 Å². The van der Waals surface area contributed by atoms with E-state index in [9.17, 15) is 8.42 Å². The highest BCUT2D eigenvalue weighted by molar-refractivity contribution is 8.00. The molecule has 0 bridgehead atoms. The summed E-state index contributed by atoms with van der Waals surface area (Å²) in [5, 5.41) is 2.70. The van der Waals surface area contributed by atoms with Crippen LogP contribution in [0.1, 0.15) is 38.5 Å². The molecule has 1 aliphatic heterocycles. The third-order valence-electron chi connectivity index (χ3n) is 6.67. The topological polar surface area (TPSA) is 63.2 Å². The number of hydrogen-bond acceptors (Lipinski definition) is 6. The van der Waals surface area contributed by atoms with Crippen LogP contribution in [0, 0.1) is 0 Å². The van der Waals surface area contributed by atoms with Crippen LogP contribution in [0.3, 0.4) is 0 Å². The molecule has 1 saturated carbocycles. The fourth-order valence-electron chi connectivity index (χ4n) is 4.94. The number of benzene rings is 2. The third kappa shape index (κ3) is 4.50. The fraction of sp³-hybridized carbons (Fsp3) is 0.440. The van der Waals surface area contributed by atoms with Gasteiger partial charge in [-0.1, -0.05) is 37.1 Å². The van der Waals surface area contributed by atoms with Crippen molar-refractivity contribution < 1.29 is 8.42 Å². The molecule has 1 saturated heterocycles. The molecule has 0 spiro atoms. The molecule has 2 heterocycles. The molecular formula is C25H29N3O2S2. The number of fused-ring (bicyclic) bond motifs is 1. The average Bonchev–Trinajstić information content (AvgIpc) is 3.31. The Morgan fingerprint density at radius 3 is 2.28 bits per heavy atom. The molecule has 0 N–H and O–H groups in total. The van der Waals surface area contributed by atoms with E-state index in [1.807, 2.05) is 24.3 Å². The van der Waals surface area contributed by atoms with Crippen LogP contribution in [0.4, 0.5) is 5.82 Å². The lowest BCUT2D eigenvalue weighted by atomic mass is 10.0. The van der Waals surface area contributed by atoms with E-state index in [4.69, 9.17) is 0 Å². The zero-order chi connectivity index (χ0) is 22.1. The lowest BCUT2D eigenvalue weighted by molar-refractivity contribution is 0.585. The van der Waals surface area contributed by atoms with Crippen LogP contribution >= 0.6 is 11.8 Å². The summed E-state index contributed by atoms with van der Waals surface area (Å²) in [5.74, 6) is 1.01. The molecule has 3 aromatic rings.